The first-order chi connectivity index (χ1) is 11.5. The Bertz CT molecular complexity index is 866. The van der Waals surface area contributed by atoms with E-state index in [1.165, 1.54) is 0 Å². The molecule has 0 saturated heterocycles. The fourth-order valence-corrected chi connectivity index (χ4v) is 3.90. The molecule has 7 heteroatoms. The molecule has 3 aromatic rings. The predicted molar refractivity (Wildman–Crippen MR) is 90.2 cm³/mol. The second-order valence-corrected chi connectivity index (χ2v) is 7.37. The van der Waals surface area contributed by atoms with Gasteiger partial charge in [0.25, 0.3) is 0 Å². The van der Waals surface area contributed by atoms with E-state index in [1.54, 1.807) is 60.6 Å². The van der Waals surface area contributed by atoms with Crippen LogP contribution in [0.2, 0.25) is 0 Å². The van der Waals surface area contributed by atoms with E-state index < -0.39 is 10.0 Å². The van der Waals surface area contributed by atoms with E-state index >= 15 is 0 Å². The zero-order valence-corrected chi connectivity index (χ0v) is 14.3. The van der Waals surface area contributed by atoms with Gasteiger partial charge in [0, 0.05) is 18.9 Å². The van der Waals surface area contributed by atoms with Crippen LogP contribution in [-0.2, 0) is 10.0 Å². The Kier molecular flexibility index (Phi) is 4.55. The van der Waals surface area contributed by atoms with Gasteiger partial charge < -0.3 is 4.42 Å². The van der Waals surface area contributed by atoms with Gasteiger partial charge in [0.2, 0.25) is 10.0 Å². The molecule has 0 amide bonds. The van der Waals surface area contributed by atoms with Gasteiger partial charge in [0.1, 0.15) is 11.8 Å². The van der Waals surface area contributed by atoms with Crippen LogP contribution in [-0.4, -0.2) is 24.7 Å². The van der Waals surface area contributed by atoms with E-state index in [9.17, 15) is 8.42 Å². The van der Waals surface area contributed by atoms with Crippen LogP contribution < -0.4 is 4.72 Å². The smallest absolute Gasteiger partial charge is 0.240 e. The maximum Gasteiger partial charge on any atom is 0.240 e. The summed E-state index contributed by atoms with van der Waals surface area (Å²) in [5, 5.41) is 4.20. The molecule has 24 heavy (non-hydrogen) atoms. The van der Waals surface area contributed by atoms with Crippen LogP contribution in [0.1, 0.15) is 22.9 Å². The lowest BCUT2D eigenvalue weighted by Gasteiger charge is -2.17. The Labute approximate surface area is 141 Å². The molecule has 0 radical (unpaired) electrons. The molecule has 0 aliphatic rings. The molecule has 2 aromatic heterocycles. The van der Waals surface area contributed by atoms with Gasteiger partial charge in [0.05, 0.1) is 11.2 Å². The zero-order chi connectivity index (χ0) is 17.2. The fraction of sp³-hybridized carbons (Fsp3) is 0.235. The number of aryl methyl sites for hydroxylation is 2. The summed E-state index contributed by atoms with van der Waals surface area (Å²) < 4.78 is 35.0. The monoisotopic (exact) mass is 345 g/mol. The molecular weight excluding hydrogens is 326 g/mol. The zero-order valence-electron chi connectivity index (χ0n) is 13.5. The summed E-state index contributed by atoms with van der Waals surface area (Å²) in [5.74, 6) is 0.641. The molecule has 1 N–H and O–H groups in total. The third-order valence-corrected chi connectivity index (χ3v) is 5.39. The molecule has 0 spiro atoms. The lowest BCUT2D eigenvalue weighted by molar-refractivity contribution is 0.402. The molecule has 3 rings (SSSR count). The van der Waals surface area contributed by atoms with Crippen molar-refractivity contribution < 1.29 is 12.8 Å². The molecule has 0 bridgehead atoms. The van der Waals surface area contributed by atoms with Crippen LogP contribution in [0.25, 0.3) is 0 Å². The van der Waals surface area contributed by atoms with Gasteiger partial charge in [-0.3, -0.25) is 4.68 Å². The Hall–Kier alpha value is -2.38. The van der Waals surface area contributed by atoms with Gasteiger partial charge in [-0.1, -0.05) is 17.7 Å². The van der Waals surface area contributed by atoms with Crippen LogP contribution in [0.15, 0.2) is 64.4 Å². The number of aromatic nitrogens is 2. The minimum atomic E-state index is -3.62. The van der Waals surface area contributed by atoms with Crippen molar-refractivity contribution in [3.8, 4) is 0 Å². The van der Waals surface area contributed by atoms with E-state index in [2.05, 4.69) is 9.82 Å². The molecule has 2 heterocycles. The Morgan fingerprint density at radius 3 is 2.71 bits per heavy atom. The highest BCUT2D eigenvalue weighted by Crippen LogP contribution is 2.20. The van der Waals surface area contributed by atoms with Crippen LogP contribution in [0.4, 0.5) is 0 Å². The third kappa shape index (κ3) is 3.42. The molecule has 6 nitrogen and oxygen atoms in total. The van der Waals surface area contributed by atoms with Gasteiger partial charge in [-0.25, -0.2) is 13.1 Å². The van der Waals surface area contributed by atoms with Crippen molar-refractivity contribution in [3.63, 3.8) is 0 Å². The third-order valence-electron chi connectivity index (χ3n) is 3.80. The van der Waals surface area contributed by atoms with Gasteiger partial charge in [-0.15, -0.1) is 0 Å². The largest absolute Gasteiger partial charge is 0.467 e. The Balaban J connectivity index is 1.84. The van der Waals surface area contributed by atoms with Gasteiger partial charge in [-0.05, 0) is 43.7 Å². The molecule has 0 saturated carbocycles. The number of hydrogen-bond acceptors (Lipinski definition) is 4. The van der Waals surface area contributed by atoms with E-state index in [0.29, 0.717) is 5.76 Å². The number of hydrogen-bond donors (Lipinski definition) is 1. The SMILES string of the molecule is Cc1ccc(S(=O)(=O)NCC(c2ccco2)n2cccn2)c(C)c1. The van der Waals surface area contributed by atoms with Gasteiger partial charge in [0.15, 0.2) is 0 Å². The van der Waals surface area contributed by atoms with Crippen LogP contribution in [0.3, 0.4) is 0 Å². The highest BCUT2D eigenvalue weighted by atomic mass is 32.2. The molecular formula is C17H19N3O3S. The average Bonchev–Trinajstić information content (AvgIpc) is 3.20. The lowest BCUT2D eigenvalue weighted by Crippen LogP contribution is -2.31. The molecule has 0 aliphatic heterocycles. The van der Waals surface area contributed by atoms with Crippen molar-refractivity contribution in [3.05, 3.63) is 71.9 Å². The summed E-state index contributed by atoms with van der Waals surface area (Å²) in [7, 11) is -3.62. The number of nitrogens with zero attached hydrogens (tertiary/aromatic N) is 2. The lowest BCUT2D eigenvalue weighted by atomic mass is 10.2. The fourth-order valence-electron chi connectivity index (χ4n) is 2.64. The minimum Gasteiger partial charge on any atom is -0.467 e. The van der Waals surface area contributed by atoms with Crippen LogP contribution >= 0.6 is 0 Å². The summed E-state index contributed by atoms with van der Waals surface area (Å²) in [6, 6.07) is 10.3. The second-order valence-electron chi connectivity index (χ2n) is 5.64. The minimum absolute atomic E-state index is 0.144. The normalized spacial score (nSPS) is 13.1. The molecule has 0 fully saturated rings. The first kappa shape index (κ1) is 16.5. The number of nitrogens with one attached hydrogen (secondary N) is 1. The topological polar surface area (TPSA) is 77.1 Å². The van der Waals surface area contributed by atoms with Crippen molar-refractivity contribution in [2.24, 2.45) is 0 Å². The Morgan fingerprint density at radius 1 is 1.25 bits per heavy atom. The first-order valence-electron chi connectivity index (χ1n) is 7.57. The van der Waals surface area contributed by atoms with Gasteiger partial charge in [-0.2, -0.15) is 5.10 Å². The van der Waals surface area contributed by atoms with Crippen molar-refractivity contribution in [2.45, 2.75) is 24.8 Å². The van der Waals surface area contributed by atoms with Crippen molar-refractivity contribution in [2.75, 3.05) is 6.54 Å². The number of rotatable bonds is 6. The van der Waals surface area contributed by atoms with Crippen LogP contribution in [0, 0.1) is 13.8 Å². The molecule has 1 aromatic carbocycles. The number of furan rings is 1. The quantitative estimate of drug-likeness (QED) is 0.745. The average molecular weight is 345 g/mol. The molecule has 126 valence electrons. The standard InChI is InChI=1S/C17H19N3O3S/c1-13-6-7-17(14(2)11-13)24(21,22)19-12-15(16-5-3-10-23-16)20-9-4-8-18-20/h3-11,15,19H,12H2,1-2H3. The maximum absolute atomic E-state index is 12.6. The van der Waals surface area contributed by atoms with E-state index in [-0.39, 0.29) is 17.5 Å². The van der Waals surface area contributed by atoms with Crippen molar-refractivity contribution in [1.29, 1.82) is 0 Å². The first-order valence-corrected chi connectivity index (χ1v) is 9.05. The number of sulfonamides is 1. The predicted octanol–water partition coefficient (Wildman–Crippen LogP) is 2.66. The molecule has 1 unspecified atom stereocenters. The molecule has 0 aliphatic carbocycles. The summed E-state index contributed by atoms with van der Waals surface area (Å²) in [5.41, 5.74) is 1.74. The van der Waals surface area contributed by atoms with Gasteiger partial charge >= 0.3 is 0 Å². The highest BCUT2D eigenvalue weighted by Gasteiger charge is 2.22. The summed E-state index contributed by atoms with van der Waals surface area (Å²) >= 11 is 0. The summed E-state index contributed by atoms with van der Waals surface area (Å²) in [4.78, 5) is 0.284. The summed E-state index contributed by atoms with van der Waals surface area (Å²) in [6.45, 7) is 3.87. The molecule has 1 atom stereocenters. The summed E-state index contributed by atoms with van der Waals surface area (Å²) in [6.07, 6.45) is 4.98. The maximum atomic E-state index is 12.6. The van der Waals surface area contributed by atoms with E-state index in [1.807, 2.05) is 13.0 Å². The van der Waals surface area contributed by atoms with E-state index in [0.717, 1.165) is 11.1 Å². The second kappa shape index (κ2) is 6.62. The Morgan fingerprint density at radius 2 is 2.08 bits per heavy atom. The van der Waals surface area contributed by atoms with Crippen molar-refractivity contribution in [1.82, 2.24) is 14.5 Å². The highest BCUT2D eigenvalue weighted by molar-refractivity contribution is 7.89. The van der Waals surface area contributed by atoms with Crippen molar-refractivity contribution >= 4 is 10.0 Å². The van der Waals surface area contributed by atoms with E-state index in [4.69, 9.17) is 4.42 Å². The van der Waals surface area contributed by atoms with Crippen LogP contribution in [0.5, 0.6) is 0 Å². The number of benzene rings is 1.